The molecular weight excluding hydrogens is 313 g/mol. The minimum absolute atomic E-state index is 0.201. The highest BCUT2D eigenvalue weighted by Gasteiger charge is 2.13. The Kier molecular flexibility index (Phi) is 7.93. The van der Waals surface area contributed by atoms with Crippen molar-refractivity contribution in [1.29, 1.82) is 0 Å². The Balaban J connectivity index is 1.91. The molecule has 0 spiro atoms. The molecule has 0 fully saturated rings. The van der Waals surface area contributed by atoms with E-state index in [0.717, 1.165) is 56.0 Å². The van der Waals surface area contributed by atoms with Crippen molar-refractivity contribution in [1.82, 2.24) is 4.90 Å². The predicted octanol–water partition coefficient (Wildman–Crippen LogP) is 5.32. The molecule has 0 aliphatic carbocycles. The van der Waals surface area contributed by atoms with Crippen molar-refractivity contribution in [3.63, 3.8) is 0 Å². The van der Waals surface area contributed by atoms with Gasteiger partial charge in [-0.05, 0) is 61.3 Å². The van der Waals surface area contributed by atoms with E-state index in [2.05, 4.69) is 37.8 Å². The number of nitrogens with zero attached hydrogens (tertiary/aromatic N) is 1. The minimum atomic E-state index is -0.201. The fourth-order valence-corrected chi connectivity index (χ4v) is 3.00. The maximum Gasteiger partial charge on any atom is 0.123 e. The number of hydrogen-bond donors (Lipinski definition) is 0. The molecule has 0 aromatic heterocycles. The molecule has 0 aliphatic rings. The van der Waals surface area contributed by atoms with Crippen LogP contribution in [0, 0.1) is 11.7 Å². The Morgan fingerprint density at radius 3 is 1.96 bits per heavy atom. The monoisotopic (exact) mass is 342 g/mol. The van der Waals surface area contributed by atoms with Gasteiger partial charge in [-0.2, -0.15) is 0 Å². The van der Waals surface area contributed by atoms with Crippen molar-refractivity contribution >= 4 is 0 Å². The van der Waals surface area contributed by atoms with Crippen LogP contribution in [0.3, 0.4) is 0 Å². The molecule has 2 nitrogen and oxygen atoms in total. The number of hydrogen-bond acceptors (Lipinski definition) is 2. The highest BCUT2D eigenvalue weighted by molar-refractivity contribution is 5.46. The van der Waals surface area contributed by atoms with E-state index < -0.39 is 0 Å². The van der Waals surface area contributed by atoms with E-state index in [4.69, 9.17) is 4.74 Å². The van der Waals surface area contributed by atoms with E-state index in [-0.39, 0.29) is 5.82 Å². The third kappa shape index (κ3) is 5.86. The van der Waals surface area contributed by atoms with Crippen LogP contribution in [0.2, 0.25) is 0 Å². The lowest BCUT2D eigenvalue weighted by atomic mass is 9.89. The molecule has 2 aromatic carbocycles. The van der Waals surface area contributed by atoms with Crippen molar-refractivity contribution in [3.05, 3.63) is 71.4 Å². The van der Waals surface area contributed by atoms with Crippen LogP contribution in [0.15, 0.2) is 48.5 Å². The third-order valence-corrected chi connectivity index (χ3v) is 4.53. The predicted molar refractivity (Wildman–Crippen MR) is 102 cm³/mol. The first-order valence-electron chi connectivity index (χ1n) is 9.25. The van der Waals surface area contributed by atoms with Gasteiger partial charge in [0.2, 0.25) is 0 Å². The van der Waals surface area contributed by atoms with E-state index in [9.17, 15) is 4.39 Å². The van der Waals surface area contributed by atoms with Crippen LogP contribution in [0.25, 0.3) is 0 Å². The van der Waals surface area contributed by atoms with E-state index in [1.54, 1.807) is 0 Å². The smallest absolute Gasteiger partial charge is 0.123 e. The first-order valence-corrected chi connectivity index (χ1v) is 9.25. The summed E-state index contributed by atoms with van der Waals surface area (Å²) in [7, 11) is 0. The van der Waals surface area contributed by atoms with Crippen molar-refractivity contribution in [2.45, 2.75) is 33.6 Å². The van der Waals surface area contributed by atoms with Gasteiger partial charge in [0.1, 0.15) is 11.6 Å². The Morgan fingerprint density at radius 2 is 1.44 bits per heavy atom. The molecule has 0 N–H and O–H groups in total. The second-order valence-electron chi connectivity index (χ2n) is 6.09. The maximum absolute atomic E-state index is 13.1. The molecule has 0 saturated carbocycles. The number of benzene rings is 2. The molecule has 2 aromatic rings. The Hall–Kier alpha value is -1.87. The Morgan fingerprint density at radius 1 is 0.880 bits per heavy atom. The highest BCUT2D eigenvalue weighted by Crippen LogP contribution is 2.28. The second-order valence-corrected chi connectivity index (χ2v) is 6.09. The summed E-state index contributed by atoms with van der Waals surface area (Å²) in [4.78, 5) is 2.40. The molecule has 0 unspecified atom stereocenters. The zero-order chi connectivity index (χ0) is 18.1. The molecule has 3 heteroatoms. The van der Waals surface area contributed by atoms with E-state index in [0.29, 0.717) is 0 Å². The van der Waals surface area contributed by atoms with Gasteiger partial charge >= 0.3 is 0 Å². The third-order valence-electron chi connectivity index (χ3n) is 4.53. The molecule has 1 radical (unpaired) electrons. The molecule has 135 valence electrons. The lowest BCUT2D eigenvalue weighted by Gasteiger charge is -2.18. The fraction of sp³-hybridized carbons (Fsp3) is 0.409. The van der Waals surface area contributed by atoms with Crippen LogP contribution < -0.4 is 4.74 Å². The minimum Gasteiger partial charge on any atom is -0.494 e. The standard InChI is InChI=1S/C22H29FNO/c1-4-22(18-8-12-20(23)13-9-18)19-10-14-21(15-11-19)25-17-7-16-24(5-2)6-3/h8-15H,4-7,16-17H2,1-3H3. The first-order chi connectivity index (χ1) is 12.2. The van der Waals surface area contributed by atoms with Crippen LogP contribution in [0.5, 0.6) is 5.75 Å². The van der Waals surface area contributed by atoms with Gasteiger partial charge in [-0.3, -0.25) is 0 Å². The Bertz CT molecular complexity index is 605. The van der Waals surface area contributed by atoms with Gasteiger partial charge in [0, 0.05) is 12.5 Å². The summed E-state index contributed by atoms with van der Waals surface area (Å²) in [5, 5.41) is 0. The van der Waals surface area contributed by atoms with Crippen molar-refractivity contribution in [3.8, 4) is 5.75 Å². The summed E-state index contributed by atoms with van der Waals surface area (Å²) in [5.41, 5.74) is 2.22. The fourth-order valence-electron chi connectivity index (χ4n) is 3.00. The zero-order valence-electron chi connectivity index (χ0n) is 15.6. The highest BCUT2D eigenvalue weighted by atomic mass is 19.1. The average Bonchev–Trinajstić information content (AvgIpc) is 2.65. The summed E-state index contributed by atoms with van der Waals surface area (Å²) in [6, 6.07) is 14.9. The molecule has 2 rings (SSSR count). The number of halogens is 1. The molecule has 0 aliphatic heterocycles. The topological polar surface area (TPSA) is 12.5 Å². The SMILES string of the molecule is CC[C](c1ccc(F)cc1)c1ccc(OCCCN(CC)CC)cc1. The summed E-state index contributed by atoms with van der Waals surface area (Å²) in [6.45, 7) is 10.5. The molecule has 0 saturated heterocycles. The largest absolute Gasteiger partial charge is 0.494 e. The van der Waals surface area contributed by atoms with Gasteiger partial charge in [0.15, 0.2) is 0 Å². The summed E-state index contributed by atoms with van der Waals surface area (Å²) in [6.07, 6.45) is 1.93. The molecular formula is C22H29FNO. The Labute approximate surface area is 151 Å². The van der Waals surface area contributed by atoms with Gasteiger partial charge < -0.3 is 9.64 Å². The second kappa shape index (κ2) is 10.2. The van der Waals surface area contributed by atoms with Crippen LogP contribution in [0.1, 0.15) is 44.7 Å². The van der Waals surface area contributed by atoms with Crippen LogP contribution >= 0.6 is 0 Å². The van der Waals surface area contributed by atoms with Crippen molar-refractivity contribution < 1.29 is 9.13 Å². The number of rotatable bonds is 10. The van der Waals surface area contributed by atoms with Crippen LogP contribution in [-0.4, -0.2) is 31.1 Å². The van der Waals surface area contributed by atoms with Crippen molar-refractivity contribution in [2.24, 2.45) is 0 Å². The van der Waals surface area contributed by atoms with Crippen molar-refractivity contribution in [2.75, 3.05) is 26.2 Å². The molecule has 0 amide bonds. The molecule has 0 atom stereocenters. The van der Waals surface area contributed by atoms with Gasteiger partial charge in [-0.1, -0.05) is 45.0 Å². The summed E-state index contributed by atoms with van der Waals surface area (Å²) in [5.74, 6) is 1.92. The normalized spacial score (nSPS) is 11.3. The maximum atomic E-state index is 13.1. The van der Waals surface area contributed by atoms with Gasteiger partial charge in [-0.15, -0.1) is 0 Å². The lowest BCUT2D eigenvalue weighted by molar-refractivity contribution is 0.249. The molecule has 25 heavy (non-hydrogen) atoms. The van der Waals surface area contributed by atoms with Crippen LogP contribution in [-0.2, 0) is 0 Å². The van der Waals surface area contributed by atoms with E-state index in [1.165, 1.54) is 18.1 Å². The zero-order valence-corrected chi connectivity index (χ0v) is 15.6. The van der Waals surface area contributed by atoms with Crippen LogP contribution in [0.4, 0.5) is 4.39 Å². The molecule has 0 bridgehead atoms. The van der Waals surface area contributed by atoms with E-state index >= 15 is 0 Å². The van der Waals surface area contributed by atoms with Gasteiger partial charge in [0.05, 0.1) is 6.61 Å². The average molecular weight is 342 g/mol. The quantitative estimate of drug-likeness (QED) is 0.542. The van der Waals surface area contributed by atoms with E-state index in [1.807, 2.05) is 24.3 Å². The van der Waals surface area contributed by atoms with Gasteiger partial charge in [-0.25, -0.2) is 4.39 Å². The van der Waals surface area contributed by atoms with Gasteiger partial charge in [0.25, 0.3) is 0 Å². The molecule has 0 heterocycles. The summed E-state index contributed by atoms with van der Waals surface area (Å²) < 4.78 is 19.0. The number of ether oxygens (including phenoxy) is 1. The summed E-state index contributed by atoms with van der Waals surface area (Å²) >= 11 is 0. The lowest BCUT2D eigenvalue weighted by Crippen LogP contribution is -2.25. The first kappa shape index (κ1) is 19.5.